The van der Waals surface area contributed by atoms with Crippen LogP contribution in [-0.2, 0) is 9.59 Å². The van der Waals surface area contributed by atoms with E-state index in [1.165, 1.54) is 14.0 Å². The van der Waals surface area contributed by atoms with E-state index >= 15 is 0 Å². The van der Waals surface area contributed by atoms with E-state index in [1.807, 2.05) is 6.92 Å². The molecule has 0 amide bonds. The summed E-state index contributed by atoms with van der Waals surface area (Å²) < 4.78 is 10.5. The van der Waals surface area contributed by atoms with Gasteiger partial charge in [0, 0.05) is 30.3 Å². The Morgan fingerprint density at radius 1 is 1.31 bits per heavy atom. The predicted molar refractivity (Wildman–Crippen MR) is 94.4 cm³/mol. The molecular weight excluding hydrogens is 332 g/mol. The molecule has 0 fully saturated rings. The molecule has 1 aromatic carbocycles. The van der Waals surface area contributed by atoms with E-state index in [-0.39, 0.29) is 5.78 Å². The minimum Gasteiger partial charge on any atom is -0.493 e. The molecule has 1 aliphatic heterocycles. The molecule has 1 atom stereocenters. The molecule has 0 saturated heterocycles. The highest BCUT2D eigenvalue weighted by Crippen LogP contribution is 2.43. The first-order valence-corrected chi connectivity index (χ1v) is 8.46. The van der Waals surface area contributed by atoms with Crippen LogP contribution in [0, 0.1) is 11.3 Å². The number of carbonyl (C=O) groups excluding carboxylic acids is 2. The Labute approximate surface area is 152 Å². The normalized spacial score (nSPS) is 19.5. The quantitative estimate of drug-likeness (QED) is 0.664. The number of dihydropyridines is 1. The largest absolute Gasteiger partial charge is 0.493 e. The standard InChI is InChI=1S/C20H20N2O4/c1-11-14(10-21)19(20-15(22-11)5-4-6-16(20)24)13-7-8-17(26-12(2)23)18(9-13)25-3/h7-9,19,22H,4-6H2,1-3H3. The lowest BCUT2D eigenvalue weighted by Gasteiger charge is -2.32. The van der Waals surface area contributed by atoms with Crippen molar-refractivity contribution >= 4 is 11.8 Å². The number of allylic oxidation sites excluding steroid dienone is 4. The summed E-state index contributed by atoms with van der Waals surface area (Å²) in [5.41, 5.74) is 3.58. The van der Waals surface area contributed by atoms with Crippen LogP contribution in [0.4, 0.5) is 0 Å². The lowest BCUT2D eigenvalue weighted by atomic mass is 9.75. The van der Waals surface area contributed by atoms with Gasteiger partial charge in [0.1, 0.15) is 0 Å². The molecule has 1 unspecified atom stereocenters. The SMILES string of the molecule is COc1cc(C2C(C#N)=C(C)NC3=C2C(=O)CCC3)ccc1OC(C)=O. The zero-order valence-electron chi connectivity index (χ0n) is 15.0. The molecular formula is C20H20N2O4. The summed E-state index contributed by atoms with van der Waals surface area (Å²) >= 11 is 0. The molecule has 1 aromatic rings. The van der Waals surface area contributed by atoms with Crippen molar-refractivity contribution < 1.29 is 19.1 Å². The zero-order valence-corrected chi connectivity index (χ0v) is 15.0. The Bertz CT molecular complexity index is 890. The van der Waals surface area contributed by atoms with Crippen molar-refractivity contribution in [3.63, 3.8) is 0 Å². The molecule has 0 radical (unpaired) electrons. The third kappa shape index (κ3) is 3.08. The van der Waals surface area contributed by atoms with Crippen LogP contribution in [0.25, 0.3) is 0 Å². The van der Waals surface area contributed by atoms with Crippen molar-refractivity contribution in [2.24, 2.45) is 0 Å². The number of hydrogen-bond acceptors (Lipinski definition) is 6. The molecule has 0 spiro atoms. The zero-order chi connectivity index (χ0) is 18.8. The van der Waals surface area contributed by atoms with Gasteiger partial charge in [0.05, 0.1) is 24.7 Å². The summed E-state index contributed by atoms with van der Waals surface area (Å²) in [6, 6.07) is 7.38. The first-order chi connectivity index (χ1) is 12.5. The molecule has 1 N–H and O–H groups in total. The van der Waals surface area contributed by atoms with Crippen molar-refractivity contribution in [1.29, 1.82) is 5.26 Å². The van der Waals surface area contributed by atoms with Crippen molar-refractivity contribution in [3.05, 3.63) is 46.3 Å². The average Bonchev–Trinajstić information content (AvgIpc) is 2.60. The fourth-order valence-electron chi connectivity index (χ4n) is 3.57. The van der Waals surface area contributed by atoms with Gasteiger partial charge < -0.3 is 14.8 Å². The van der Waals surface area contributed by atoms with E-state index in [2.05, 4.69) is 11.4 Å². The first-order valence-electron chi connectivity index (χ1n) is 8.46. The lowest BCUT2D eigenvalue weighted by molar-refractivity contribution is -0.132. The van der Waals surface area contributed by atoms with E-state index in [1.54, 1.807) is 18.2 Å². The maximum absolute atomic E-state index is 12.6. The molecule has 3 rings (SSSR count). The predicted octanol–water partition coefficient (Wildman–Crippen LogP) is 3.11. The molecule has 134 valence electrons. The number of methoxy groups -OCH3 is 1. The Hall–Kier alpha value is -3.07. The second-order valence-corrected chi connectivity index (χ2v) is 6.38. The molecule has 1 aliphatic carbocycles. The van der Waals surface area contributed by atoms with Crippen LogP contribution in [0.5, 0.6) is 11.5 Å². The number of carbonyl (C=O) groups is 2. The molecule has 6 nitrogen and oxygen atoms in total. The lowest BCUT2D eigenvalue weighted by Crippen LogP contribution is -2.31. The van der Waals surface area contributed by atoms with Gasteiger partial charge in [-0.15, -0.1) is 0 Å². The third-order valence-electron chi connectivity index (χ3n) is 4.67. The van der Waals surface area contributed by atoms with Crippen LogP contribution >= 0.6 is 0 Å². The molecule has 0 bridgehead atoms. The van der Waals surface area contributed by atoms with Crippen molar-refractivity contribution in [2.45, 2.75) is 39.0 Å². The Morgan fingerprint density at radius 2 is 2.08 bits per heavy atom. The van der Waals surface area contributed by atoms with Crippen LogP contribution in [0.3, 0.4) is 0 Å². The van der Waals surface area contributed by atoms with E-state index in [4.69, 9.17) is 9.47 Å². The highest BCUT2D eigenvalue weighted by Gasteiger charge is 2.36. The number of ketones is 1. The van der Waals surface area contributed by atoms with Gasteiger partial charge in [-0.25, -0.2) is 0 Å². The van der Waals surface area contributed by atoms with E-state index < -0.39 is 11.9 Å². The second-order valence-electron chi connectivity index (χ2n) is 6.38. The maximum atomic E-state index is 12.6. The van der Waals surface area contributed by atoms with E-state index in [9.17, 15) is 14.9 Å². The van der Waals surface area contributed by atoms with E-state index in [0.29, 0.717) is 29.1 Å². The van der Waals surface area contributed by atoms with Crippen LogP contribution in [-0.4, -0.2) is 18.9 Å². The third-order valence-corrected chi connectivity index (χ3v) is 4.67. The minimum atomic E-state index is -0.446. The smallest absolute Gasteiger partial charge is 0.308 e. The van der Waals surface area contributed by atoms with Gasteiger partial charge in [0.2, 0.25) is 0 Å². The van der Waals surface area contributed by atoms with Crippen LogP contribution in [0.2, 0.25) is 0 Å². The minimum absolute atomic E-state index is 0.0621. The summed E-state index contributed by atoms with van der Waals surface area (Å²) in [5.74, 6) is -0.132. The number of ether oxygens (including phenoxy) is 2. The number of hydrogen-bond donors (Lipinski definition) is 1. The summed E-state index contributed by atoms with van der Waals surface area (Å²) in [7, 11) is 1.48. The molecule has 0 saturated carbocycles. The van der Waals surface area contributed by atoms with Crippen molar-refractivity contribution in [1.82, 2.24) is 5.32 Å². The van der Waals surface area contributed by atoms with Crippen LogP contribution in [0.1, 0.15) is 44.6 Å². The van der Waals surface area contributed by atoms with Gasteiger partial charge in [0.15, 0.2) is 17.3 Å². The molecule has 2 aliphatic rings. The molecule has 0 aromatic heterocycles. The second kappa shape index (κ2) is 7.04. The summed E-state index contributed by atoms with van der Waals surface area (Å²) in [4.78, 5) is 23.9. The maximum Gasteiger partial charge on any atom is 0.308 e. The highest BCUT2D eigenvalue weighted by atomic mass is 16.6. The van der Waals surface area contributed by atoms with Gasteiger partial charge in [-0.3, -0.25) is 9.59 Å². The number of nitrogens with one attached hydrogen (secondary N) is 1. The van der Waals surface area contributed by atoms with Crippen LogP contribution in [0.15, 0.2) is 40.7 Å². The van der Waals surface area contributed by atoms with Gasteiger partial charge in [0.25, 0.3) is 0 Å². The number of benzene rings is 1. The molecule has 6 heteroatoms. The number of nitriles is 1. The monoisotopic (exact) mass is 352 g/mol. The number of rotatable bonds is 3. The molecule has 1 heterocycles. The molecule has 26 heavy (non-hydrogen) atoms. The Morgan fingerprint density at radius 3 is 2.73 bits per heavy atom. The van der Waals surface area contributed by atoms with Crippen LogP contribution < -0.4 is 14.8 Å². The van der Waals surface area contributed by atoms with Gasteiger partial charge in [-0.2, -0.15) is 5.26 Å². The Kier molecular flexibility index (Phi) is 4.81. The van der Waals surface area contributed by atoms with Gasteiger partial charge >= 0.3 is 5.97 Å². The average molecular weight is 352 g/mol. The van der Waals surface area contributed by atoms with Gasteiger partial charge in [-0.1, -0.05) is 6.07 Å². The summed E-state index contributed by atoms with van der Waals surface area (Å²) in [6.07, 6.45) is 2.08. The Balaban J connectivity index is 2.13. The number of Topliss-reactive ketones (excluding diaryl/α,β-unsaturated/α-hetero) is 1. The number of nitrogens with zero attached hydrogens (tertiary/aromatic N) is 1. The highest BCUT2D eigenvalue weighted by molar-refractivity contribution is 5.99. The van der Waals surface area contributed by atoms with Crippen molar-refractivity contribution in [3.8, 4) is 17.6 Å². The van der Waals surface area contributed by atoms with Crippen molar-refractivity contribution in [2.75, 3.05) is 7.11 Å². The summed E-state index contributed by atoms with van der Waals surface area (Å²) in [6.45, 7) is 3.16. The fraction of sp³-hybridized carbons (Fsp3) is 0.350. The van der Waals surface area contributed by atoms with Gasteiger partial charge in [-0.05, 0) is 37.5 Å². The number of esters is 1. The topological polar surface area (TPSA) is 88.4 Å². The first kappa shape index (κ1) is 17.7. The fourth-order valence-corrected chi connectivity index (χ4v) is 3.57. The van der Waals surface area contributed by atoms with E-state index in [0.717, 1.165) is 29.8 Å². The summed E-state index contributed by atoms with van der Waals surface area (Å²) in [5, 5.41) is 12.9.